The average molecular weight is 355 g/mol. The average Bonchev–Trinajstić information content (AvgIpc) is 2.78. The topological polar surface area (TPSA) is 55.5 Å². The normalized spacial score (nSPS) is 24.3. The summed E-state index contributed by atoms with van der Waals surface area (Å²) in [6.07, 6.45) is -0.877. The Hall–Kier alpha value is -1.07. The van der Waals surface area contributed by atoms with Crippen molar-refractivity contribution in [3.63, 3.8) is 0 Å². The molecule has 0 bridgehead atoms. The number of benzene rings is 2. The van der Waals surface area contributed by atoms with Gasteiger partial charge in [-0.25, -0.2) is 0 Å². The molecule has 3 rings (SSSR count). The fraction of sp³-hybridized carbons (Fsp3) is 0.200. The van der Waals surface area contributed by atoms with E-state index in [9.17, 15) is 5.11 Å². The molecule has 20 heavy (non-hydrogen) atoms. The molecule has 0 saturated heterocycles. The molecule has 3 nitrogen and oxygen atoms in total. The lowest BCUT2D eigenvalue weighted by Gasteiger charge is -2.31. The Bertz CT molecular complexity index is 650. The highest BCUT2D eigenvalue weighted by Gasteiger charge is 2.49. The minimum absolute atomic E-state index is 0.164. The predicted molar refractivity (Wildman–Crippen MR) is 81.9 cm³/mol. The van der Waals surface area contributed by atoms with E-state index in [1.807, 2.05) is 30.3 Å². The second-order valence-electron chi connectivity index (χ2n) is 4.74. The van der Waals surface area contributed by atoms with Gasteiger partial charge in [-0.3, -0.25) is 0 Å². The van der Waals surface area contributed by atoms with Crippen molar-refractivity contribution in [1.29, 1.82) is 0 Å². The fourth-order valence-electron chi connectivity index (χ4n) is 2.59. The standard InChI is InChI=1S/C15H13BrClNO2/c16-13-10(17)6-7-11-12(13)14(19)15(8-18,20-11)9-4-2-1-3-5-9/h1-7,14,19H,8,18H2/t14-,15+/m0/s1. The van der Waals surface area contributed by atoms with Crippen molar-refractivity contribution in [2.45, 2.75) is 11.7 Å². The second kappa shape index (κ2) is 5.04. The van der Waals surface area contributed by atoms with Crippen LogP contribution in [0.15, 0.2) is 46.9 Å². The maximum Gasteiger partial charge on any atom is 0.176 e. The molecule has 2 aromatic carbocycles. The molecule has 0 aliphatic carbocycles. The van der Waals surface area contributed by atoms with Crippen LogP contribution in [0.5, 0.6) is 5.75 Å². The molecule has 1 heterocycles. The molecule has 5 heteroatoms. The molecule has 0 saturated carbocycles. The van der Waals surface area contributed by atoms with Crippen LogP contribution in [-0.4, -0.2) is 11.7 Å². The van der Waals surface area contributed by atoms with E-state index in [4.69, 9.17) is 22.1 Å². The fourth-order valence-corrected chi connectivity index (χ4v) is 3.29. The van der Waals surface area contributed by atoms with Gasteiger partial charge in [-0.2, -0.15) is 0 Å². The molecular formula is C15H13BrClNO2. The Morgan fingerprint density at radius 3 is 2.60 bits per heavy atom. The highest BCUT2D eigenvalue weighted by atomic mass is 79.9. The molecule has 0 radical (unpaired) electrons. The lowest BCUT2D eigenvalue weighted by Crippen LogP contribution is -2.42. The van der Waals surface area contributed by atoms with E-state index >= 15 is 0 Å². The van der Waals surface area contributed by atoms with E-state index in [2.05, 4.69) is 15.9 Å². The van der Waals surface area contributed by atoms with Gasteiger partial charge in [0.15, 0.2) is 5.60 Å². The van der Waals surface area contributed by atoms with Crippen LogP contribution < -0.4 is 10.5 Å². The van der Waals surface area contributed by atoms with Gasteiger partial charge in [0, 0.05) is 16.6 Å². The van der Waals surface area contributed by atoms with Crippen molar-refractivity contribution < 1.29 is 9.84 Å². The second-order valence-corrected chi connectivity index (χ2v) is 5.94. The third-order valence-electron chi connectivity index (χ3n) is 3.67. The number of aliphatic hydroxyl groups excluding tert-OH is 1. The van der Waals surface area contributed by atoms with Crippen LogP contribution >= 0.6 is 27.5 Å². The van der Waals surface area contributed by atoms with Crippen LogP contribution in [0.1, 0.15) is 17.2 Å². The van der Waals surface area contributed by atoms with Crippen LogP contribution in [0.25, 0.3) is 0 Å². The summed E-state index contributed by atoms with van der Waals surface area (Å²) in [6, 6.07) is 13.0. The molecule has 0 amide bonds. The zero-order valence-electron chi connectivity index (χ0n) is 10.5. The third-order valence-corrected chi connectivity index (χ3v) is 5.06. The van der Waals surface area contributed by atoms with Crippen LogP contribution in [0, 0.1) is 0 Å². The number of fused-ring (bicyclic) bond motifs is 1. The minimum atomic E-state index is -0.975. The van der Waals surface area contributed by atoms with Gasteiger partial charge in [0.05, 0.1) is 5.02 Å². The first-order valence-corrected chi connectivity index (χ1v) is 7.38. The number of ether oxygens (including phenoxy) is 1. The molecule has 2 atom stereocenters. The zero-order chi connectivity index (χ0) is 14.3. The first-order valence-electron chi connectivity index (χ1n) is 6.20. The Morgan fingerprint density at radius 1 is 1.25 bits per heavy atom. The van der Waals surface area contributed by atoms with Gasteiger partial charge in [0.2, 0.25) is 0 Å². The SMILES string of the molecule is NC[C@]1(c2ccccc2)Oc2ccc(Cl)c(Br)c2[C@@H]1O. The van der Waals surface area contributed by atoms with Crippen LogP contribution in [0.3, 0.4) is 0 Å². The number of aliphatic hydroxyl groups is 1. The molecule has 0 fully saturated rings. The highest BCUT2D eigenvalue weighted by Crippen LogP contribution is 2.52. The third kappa shape index (κ3) is 1.87. The van der Waals surface area contributed by atoms with Crippen molar-refractivity contribution >= 4 is 27.5 Å². The monoisotopic (exact) mass is 353 g/mol. The Morgan fingerprint density at radius 2 is 1.95 bits per heavy atom. The molecule has 104 valence electrons. The summed E-state index contributed by atoms with van der Waals surface area (Å²) in [5.74, 6) is 0.600. The van der Waals surface area contributed by atoms with Crippen molar-refractivity contribution in [3.05, 3.63) is 63.1 Å². The Labute approximate surface area is 130 Å². The first kappa shape index (κ1) is 13.9. The van der Waals surface area contributed by atoms with Gasteiger partial charge < -0.3 is 15.6 Å². The number of rotatable bonds is 2. The molecule has 3 N–H and O–H groups in total. The lowest BCUT2D eigenvalue weighted by molar-refractivity contribution is -0.0259. The largest absolute Gasteiger partial charge is 0.478 e. The summed E-state index contributed by atoms with van der Waals surface area (Å²) in [7, 11) is 0. The molecular weight excluding hydrogens is 342 g/mol. The van der Waals surface area contributed by atoms with E-state index in [1.165, 1.54) is 0 Å². The predicted octanol–water partition coefficient (Wildman–Crippen LogP) is 3.38. The maximum atomic E-state index is 10.8. The summed E-state index contributed by atoms with van der Waals surface area (Å²) in [5.41, 5.74) is 6.44. The van der Waals surface area contributed by atoms with Crippen molar-refractivity contribution in [3.8, 4) is 5.75 Å². The van der Waals surface area contributed by atoms with Gasteiger partial charge in [0.25, 0.3) is 0 Å². The molecule has 1 aliphatic rings. The molecule has 0 spiro atoms. The number of hydrogen-bond acceptors (Lipinski definition) is 3. The Balaban J connectivity index is 2.17. The first-order chi connectivity index (χ1) is 9.60. The minimum Gasteiger partial charge on any atom is -0.478 e. The highest BCUT2D eigenvalue weighted by molar-refractivity contribution is 9.10. The van der Waals surface area contributed by atoms with Gasteiger partial charge in [-0.15, -0.1) is 0 Å². The van der Waals surface area contributed by atoms with Crippen molar-refractivity contribution in [2.75, 3.05) is 6.54 Å². The van der Waals surface area contributed by atoms with E-state index in [0.29, 0.717) is 20.8 Å². The Kier molecular flexibility index (Phi) is 3.50. The quantitative estimate of drug-likeness (QED) is 0.869. The molecule has 1 aliphatic heterocycles. The molecule has 0 unspecified atom stereocenters. The van der Waals surface area contributed by atoms with E-state index < -0.39 is 11.7 Å². The molecule has 0 aromatic heterocycles. The van der Waals surface area contributed by atoms with Crippen molar-refractivity contribution in [1.82, 2.24) is 0 Å². The van der Waals surface area contributed by atoms with Crippen LogP contribution in [-0.2, 0) is 5.60 Å². The van der Waals surface area contributed by atoms with E-state index in [0.717, 1.165) is 5.56 Å². The van der Waals surface area contributed by atoms with Gasteiger partial charge in [0.1, 0.15) is 11.9 Å². The number of hydrogen-bond donors (Lipinski definition) is 2. The van der Waals surface area contributed by atoms with Gasteiger partial charge >= 0.3 is 0 Å². The van der Waals surface area contributed by atoms with Crippen LogP contribution in [0.4, 0.5) is 0 Å². The summed E-state index contributed by atoms with van der Waals surface area (Å²) >= 11 is 9.51. The van der Waals surface area contributed by atoms with Crippen molar-refractivity contribution in [2.24, 2.45) is 5.73 Å². The molecule has 2 aromatic rings. The summed E-state index contributed by atoms with van der Waals surface area (Å²) in [6.45, 7) is 0.164. The van der Waals surface area contributed by atoms with E-state index in [1.54, 1.807) is 12.1 Å². The van der Waals surface area contributed by atoms with E-state index in [-0.39, 0.29) is 6.54 Å². The van der Waals surface area contributed by atoms with Gasteiger partial charge in [-0.05, 0) is 33.6 Å². The summed E-state index contributed by atoms with van der Waals surface area (Å²) < 4.78 is 6.66. The van der Waals surface area contributed by atoms with Crippen LogP contribution in [0.2, 0.25) is 5.02 Å². The number of nitrogens with two attached hydrogens (primary N) is 1. The summed E-state index contributed by atoms with van der Waals surface area (Å²) in [5, 5.41) is 11.3. The smallest absolute Gasteiger partial charge is 0.176 e. The maximum absolute atomic E-state index is 10.8. The van der Waals surface area contributed by atoms with Gasteiger partial charge in [-0.1, -0.05) is 41.9 Å². The number of halogens is 2. The zero-order valence-corrected chi connectivity index (χ0v) is 12.9. The lowest BCUT2D eigenvalue weighted by atomic mass is 9.86. The summed E-state index contributed by atoms with van der Waals surface area (Å²) in [4.78, 5) is 0.